The molecular formula is C21H18F2N4O2S. The van der Waals surface area contributed by atoms with Crippen LogP contribution in [0.5, 0.6) is 0 Å². The van der Waals surface area contributed by atoms with Crippen LogP contribution >= 0.6 is 0 Å². The first kappa shape index (κ1) is 20.0. The quantitative estimate of drug-likeness (QED) is 0.661. The highest BCUT2D eigenvalue weighted by atomic mass is 32.2. The number of aromatic nitrogens is 1. The zero-order valence-corrected chi connectivity index (χ0v) is 16.7. The summed E-state index contributed by atoms with van der Waals surface area (Å²) in [5, 5.41) is 5.77. The molecule has 1 atom stereocenters. The standard InChI is InChI=1S/C21H18F2N4O2S/c1-13(15-6-2-3-7-16(15)22)19-17(23)8-9-18-20(19)26-21(27-30(18,28)29)25-12-14-5-4-10-24-11-14/h2-11,13H,12H2,1H3,(H2,25,26,27)/t13-/m1/s1. The van der Waals surface area contributed by atoms with Gasteiger partial charge >= 0.3 is 0 Å². The van der Waals surface area contributed by atoms with Gasteiger partial charge in [0, 0.05) is 30.4 Å². The second-order valence-electron chi connectivity index (χ2n) is 6.83. The van der Waals surface area contributed by atoms with Crippen LogP contribution in [0, 0.1) is 11.6 Å². The summed E-state index contributed by atoms with van der Waals surface area (Å²) in [6, 6.07) is 11.8. The molecule has 0 bridgehead atoms. The highest BCUT2D eigenvalue weighted by molar-refractivity contribution is 7.90. The number of guanidine groups is 1. The molecule has 30 heavy (non-hydrogen) atoms. The van der Waals surface area contributed by atoms with Crippen LogP contribution in [0.4, 0.5) is 14.5 Å². The molecular weight excluding hydrogens is 410 g/mol. The zero-order valence-electron chi connectivity index (χ0n) is 15.9. The van der Waals surface area contributed by atoms with Crippen LogP contribution in [0.2, 0.25) is 0 Å². The van der Waals surface area contributed by atoms with Crippen LogP contribution in [-0.4, -0.2) is 19.4 Å². The third-order valence-corrected chi connectivity index (χ3v) is 6.19. The van der Waals surface area contributed by atoms with E-state index in [-0.39, 0.29) is 34.2 Å². The van der Waals surface area contributed by atoms with E-state index in [0.717, 1.165) is 17.7 Å². The molecule has 4 rings (SSSR count). The number of halogens is 2. The number of rotatable bonds is 4. The summed E-state index contributed by atoms with van der Waals surface area (Å²) in [6.45, 7) is 1.89. The topological polar surface area (TPSA) is 83.4 Å². The van der Waals surface area contributed by atoms with Gasteiger partial charge in [0.1, 0.15) is 16.5 Å². The van der Waals surface area contributed by atoms with Gasteiger partial charge in [0.2, 0.25) is 5.96 Å². The number of hydrogen-bond acceptors (Lipinski definition) is 5. The second kappa shape index (κ2) is 7.83. The monoisotopic (exact) mass is 428 g/mol. The van der Waals surface area contributed by atoms with Crippen molar-refractivity contribution in [3.8, 4) is 0 Å². The van der Waals surface area contributed by atoms with Crippen molar-refractivity contribution in [2.45, 2.75) is 24.3 Å². The molecule has 154 valence electrons. The van der Waals surface area contributed by atoms with Gasteiger partial charge in [0.05, 0.1) is 5.69 Å². The normalized spacial score (nSPS) is 15.5. The van der Waals surface area contributed by atoms with Crippen molar-refractivity contribution < 1.29 is 17.2 Å². The molecule has 0 radical (unpaired) electrons. The van der Waals surface area contributed by atoms with E-state index >= 15 is 0 Å². The lowest BCUT2D eigenvalue weighted by Crippen LogP contribution is -2.35. The highest BCUT2D eigenvalue weighted by Gasteiger charge is 2.31. The fourth-order valence-electron chi connectivity index (χ4n) is 3.40. The van der Waals surface area contributed by atoms with Gasteiger partial charge in [-0.25, -0.2) is 8.78 Å². The Labute approximate surface area is 172 Å². The van der Waals surface area contributed by atoms with Gasteiger partial charge in [-0.15, -0.1) is 4.40 Å². The summed E-state index contributed by atoms with van der Waals surface area (Å²) in [7, 11) is -4.07. The molecule has 2 N–H and O–H groups in total. The number of anilines is 1. The van der Waals surface area contributed by atoms with Crippen molar-refractivity contribution in [2.24, 2.45) is 4.40 Å². The molecule has 1 aliphatic heterocycles. The molecule has 0 spiro atoms. The van der Waals surface area contributed by atoms with Crippen molar-refractivity contribution in [3.63, 3.8) is 0 Å². The Morgan fingerprint density at radius 2 is 1.87 bits per heavy atom. The average Bonchev–Trinajstić information content (AvgIpc) is 2.72. The Kier molecular flexibility index (Phi) is 5.21. The SMILES string of the molecule is C[C@H](c1ccccc1F)c1c(F)ccc2c1NC(NCc1cccnc1)=NS2(=O)=O. The minimum atomic E-state index is -4.07. The van der Waals surface area contributed by atoms with Crippen LogP contribution in [0.15, 0.2) is 70.2 Å². The number of nitrogens with zero attached hydrogens (tertiary/aromatic N) is 2. The van der Waals surface area contributed by atoms with E-state index in [4.69, 9.17) is 0 Å². The number of benzene rings is 2. The smallest absolute Gasteiger partial charge is 0.287 e. The maximum absolute atomic E-state index is 14.8. The predicted molar refractivity (Wildman–Crippen MR) is 110 cm³/mol. The first-order valence-electron chi connectivity index (χ1n) is 9.18. The van der Waals surface area contributed by atoms with E-state index in [9.17, 15) is 17.2 Å². The van der Waals surface area contributed by atoms with Gasteiger partial charge in [-0.1, -0.05) is 31.2 Å². The molecule has 2 aromatic carbocycles. The number of hydrogen-bond donors (Lipinski definition) is 2. The van der Waals surface area contributed by atoms with Crippen LogP contribution in [0.3, 0.4) is 0 Å². The number of fused-ring (bicyclic) bond motifs is 1. The van der Waals surface area contributed by atoms with Gasteiger partial charge in [-0.05, 0) is 35.4 Å². The summed E-state index contributed by atoms with van der Waals surface area (Å²) < 4.78 is 58.3. The van der Waals surface area contributed by atoms with E-state index in [1.54, 1.807) is 37.5 Å². The summed E-state index contributed by atoms with van der Waals surface area (Å²) in [6.07, 6.45) is 3.25. The van der Waals surface area contributed by atoms with E-state index < -0.39 is 27.6 Å². The molecule has 0 aliphatic carbocycles. The fraction of sp³-hybridized carbons (Fsp3) is 0.143. The molecule has 1 aliphatic rings. The largest absolute Gasteiger partial charge is 0.351 e. The number of pyridine rings is 1. The van der Waals surface area contributed by atoms with E-state index in [2.05, 4.69) is 20.0 Å². The van der Waals surface area contributed by atoms with Gasteiger partial charge < -0.3 is 10.6 Å². The zero-order chi connectivity index (χ0) is 21.3. The van der Waals surface area contributed by atoms with Crippen molar-refractivity contribution >= 4 is 21.7 Å². The minimum Gasteiger partial charge on any atom is -0.351 e. The summed E-state index contributed by atoms with van der Waals surface area (Å²) in [5.74, 6) is -1.91. The van der Waals surface area contributed by atoms with E-state index in [0.29, 0.717) is 0 Å². The number of sulfonamides is 1. The Bertz CT molecular complexity index is 1230. The summed E-state index contributed by atoms with van der Waals surface area (Å²) in [4.78, 5) is 3.84. The van der Waals surface area contributed by atoms with Gasteiger partial charge in [-0.3, -0.25) is 4.98 Å². The molecule has 0 saturated carbocycles. The van der Waals surface area contributed by atoms with Gasteiger partial charge in [-0.2, -0.15) is 8.42 Å². The molecule has 3 aromatic rings. The number of nitrogens with one attached hydrogen (secondary N) is 2. The van der Waals surface area contributed by atoms with Gasteiger partial charge in [0.25, 0.3) is 10.0 Å². The van der Waals surface area contributed by atoms with E-state index in [1.807, 2.05) is 6.07 Å². The molecule has 9 heteroatoms. The van der Waals surface area contributed by atoms with Crippen molar-refractivity contribution in [1.82, 2.24) is 10.3 Å². The third-order valence-electron chi connectivity index (χ3n) is 4.87. The molecule has 6 nitrogen and oxygen atoms in total. The lowest BCUT2D eigenvalue weighted by Gasteiger charge is -2.25. The van der Waals surface area contributed by atoms with Crippen LogP contribution in [0.1, 0.15) is 29.5 Å². The molecule has 1 aromatic heterocycles. The van der Waals surface area contributed by atoms with E-state index in [1.165, 1.54) is 12.1 Å². The predicted octanol–water partition coefficient (Wildman–Crippen LogP) is 3.77. The summed E-state index contributed by atoms with van der Waals surface area (Å²) >= 11 is 0. The molecule has 0 saturated heterocycles. The second-order valence-corrected chi connectivity index (χ2v) is 8.40. The molecule has 2 heterocycles. The third kappa shape index (κ3) is 3.76. The van der Waals surface area contributed by atoms with Crippen molar-refractivity contribution in [3.05, 3.63) is 89.2 Å². The van der Waals surface area contributed by atoms with Gasteiger partial charge in [0.15, 0.2) is 0 Å². The fourth-order valence-corrected chi connectivity index (χ4v) is 4.51. The van der Waals surface area contributed by atoms with Crippen LogP contribution < -0.4 is 10.6 Å². The maximum Gasteiger partial charge on any atom is 0.287 e. The lowest BCUT2D eigenvalue weighted by molar-refractivity contribution is 0.578. The molecule has 0 unspecified atom stereocenters. The molecule has 0 fully saturated rings. The summed E-state index contributed by atoms with van der Waals surface area (Å²) in [5.41, 5.74) is 1.17. The highest BCUT2D eigenvalue weighted by Crippen LogP contribution is 2.39. The van der Waals surface area contributed by atoms with Crippen molar-refractivity contribution in [1.29, 1.82) is 0 Å². The van der Waals surface area contributed by atoms with Crippen LogP contribution in [-0.2, 0) is 16.6 Å². The maximum atomic E-state index is 14.8. The van der Waals surface area contributed by atoms with Crippen molar-refractivity contribution in [2.75, 3.05) is 5.32 Å². The first-order valence-corrected chi connectivity index (χ1v) is 10.6. The Hall–Kier alpha value is -3.33. The average molecular weight is 428 g/mol. The Morgan fingerprint density at radius 1 is 1.07 bits per heavy atom. The minimum absolute atomic E-state index is 0.0427. The lowest BCUT2D eigenvalue weighted by atomic mass is 9.91. The molecule has 0 amide bonds. The Balaban J connectivity index is 1.73. The van der Waals surface area contributed by atoms with Crippen LogP contribution in [0.25, 0.3) is 0 Å². The first-order chi connectivity index (χ1) is 14.4. The Morgan fingerprint density at radius 3 is 2.60 bits per heavy atom.